The van der Waals surface area contributed by atoms with Crippen LogP contribution in [0.15, 0.2) is 35.4 Å². The number of aromatic nitrogens is 1. The van der Waals surface area contributed by atoms with Crippen molar-refractivity contribution in [2.75, 3.05) is 5.75 Å². The number of hydrogen-bond acceptors (Lipinski definition) is 3. The Bertz CT molecular complexity index is 544. The molecule has 1 aromatic heterocycles. The highest BCUT2D eigenvalue weighted by Gasteiger charge is 2.07. The standard InChI is InChI=1S/C11H8ClNO2S/c12-9-5-7-3-1-2-4-8(7)11(13-9)16-6-10(14)15/h1-5H,6H2,(H,14,15). The average molecular weight is 254 g/mol. The van der Waals surface area contributed by atoms with Crippen molar-refractivity contribution in [2.45, 2.75) is 5.03 Å². The molecule has 0 saturated heterocycles. The molecule has 0 aliphatic carbocycles. The van der Waals surface area contributed by atoms with Gasteiger partial charge in [-0.05, 0) is 11.5 Å². The topological polar surface area (TPSA) is 50.2 Å². The molecule has 0 saturated carbocycles. The SMILES string of the molecule is O=C(O)CSc1nc(Cl)cc2ccccc12. The Hall–Kier alpha value is -1.26. The maximum Gasteiger partial charge on any atom is 0.313 e. The Morgan fingerprint density at radius 2 is 2.19 bits per heavy atom. The highest BCUT2D eigenvalue weighted by Crippen LogP contribution is 2.28. The number of rotatable bonds is 3. The molecule has 0 radical (unpaired) electrons. The fourth-order valence-corrected chi connectivity index (χ4v) is 2.39. The average Bonchev–Trinajstić information content (AvgIpc) is 2.25. The summed E-state index contributed by atoms with van der Waals surface area (Å²) in [5.41, 5.74) is 0. The van der Waals surface area contributed by atoms with Crippen LogP contribution in [0, 0.1) is 0 Å². The lowest BCUT2D eigenvalue weighted by Gasteiger charge is -2.04. The van der Waals surface area contributed by atoms with Gasteiger partial charge in [0.2, 0.25) is 0 Å². The number of pyridine rings is 1. The largest absolute Gasteiger partial charge is 0.481 e. The van der Waals surface area contributed by atoms with E-state index in [1.165, 1.54) is 11.8 Å². The van der Waals surface area contributed by atoms with Crippen molar-refractivity contribution < 1.29 is 9.90 Å². The zero-order valence-electron chi connectivity index (χ0n) is 8.18. The van der Waals surface area contributed by atoms with Crippen LogP contribution < -0.4 is 0 Å². The van der Waals surface area contributed by atoms with E-state index in [-0.39, 0.29) is 5.75 Å². The second kappa shape index (κ2) is 4.72. The van der Waals surface area contributed by atoms with Crippen molar-refractivity contribution in [3.05, 3.63) is 35.5 Å². The van der Waals surface area contributed by atoms with Gasteiger partial charge < -0.3 is 5.11 Å². The summed E-state index contributed by atoms with van der Waals surface area (Å²) in [7, 11) is 0. The third-order valence-electron chi connectivity index (χ3n) is 2.01. The first-order valence-electron chi connectivity index (χ1n) is 4.56. The molecule has 0 bridgehead atoms. The zero-order valence-corrected chi connectivity index (χ0v) is 9.76. The van der Waals surface area contributed by atoms with Gasteiger partial charge in [-0.25, -0.2) is 4.98 Å². The Labute approximate surface area is 101 Å². The Morgan fingerprint density at radius 1 is 1.44 bits per heavy atom. The number of thioether (sulfide) groups is 1. The summed E-state index contributed by atoms with van der Waals surface area (Å²) in [5.74, 6) is -0.881. The Kier molecular flexibility index (Phi) is 3.31. The monoisotopic (exact) mass is 253 g/mol. The number of fused-ring (bicyclic) bond motifs is 1. The summed E-state index contributed by atoms with van der Waals surface area (Å²) in [6.45, 7) is 0. The molecular formula is C11H8ClNO2S. The first-order valence-corrected chi connectivity index (χ1v) is 5.93. The van der Waals surface area contributed by atoms with Gasteiger partial charge in [0, 0.05) is 5.39 Å². The first-order chi connectivity index (χ1) is 7.66. The van der Waals surface area contributed by atoms with E-state index in [1.54, 1.807) is 6.07 Å². The molecule has 82 valence electrons. The second-order valence-electron chi connectivity index (χ2n) is 3.15. The molecule has 0 unspecified atom stereocenters. The van der Waals surface area contributed by atoms with Crippen molar-refractivity contribution in [3.8, 4) is 0 Å². The van der Waals surface area contributed by atoms with Crippen LogP contribution in [0.1, 0.15) is 0 Å². The van der Waals surface area contributed by atoms with E-state index in [4.69, 9.17) is 16.7 Å². The minimum Gasteiger partial charge on any atom is -0.481 e. The van der Waals surface area contributed by atoms with E-state index < -0.39 is 5.97 Å². The van der Waals surface area contributed by atoms with Gasteiger partial charge in [0.1, 0.15) is 10.2 Å². The lowest BCUT2D eigenvalue weighted by atomic mass is 10.2. The summed E-state index contributed by atoms with van der Waals surface area (Å²) in [6, 6.07) is 9.39. The van der Waals surface area contributed by atoms with Gasteiger partial charge in [-0.1, -0.05) is 47.6 Å². The van der Waals surface area contributed by atoms with Gasteiger partial charge >= 0.3 is 5.97 Å². The second-order valence-corrected chi connectivity index (χ2v) is 4.50. The zero-order chi connectivity index (χ0) is 11.5. The maximum absolute atomic E-state index is 10.5. The Morgan fingerprint density at radius 3 is 2.94 bits per heavy atom. The van der Waals surface area contributed by atoms with E-state index in [0.717, 1.165) is 10.8 Å². The molecule has 0 amide bonds. The third-order valence-corrected chi connectivity index (χ3v) is 3.18. The summed E-state index contributed by atoms with van der Waals surface area (Å²) in [5, 5.41) is 11.6. The van der Waals surface area contributed by atoms with Crippen molar-refractivity contribution in [1.82, 2.24) is 4.98 Å². The summed E-state index contributed by atoms with van der Waals surface area (Å²) in [6.07, 6.45) is 0. The van der Waals surface area contributed by atoms with Crippen molar-refractivity contribution in [3.63, 3.8) is 0 Å². The predicted octanol–water partition coefficient (Wildman–Crippen LogP) is 3.06. The number of aliphatic carboxylic acids is 1. The van der Waals surface area contributed by atoms with Gasteiger partial charge in [0.15, 0.2) is 0 Å². The predicted molar refractivity (Wildman–Crippen MR) is 65.1 cm³/mol. The van der Waals surface area contributed by atoms with Gasteiger partial charge in [-0.15, -0.1) is 0 Å². The van der Waals surface area contributed by atoms with E-state index in [2.05, 4.69) is 4.98 Å². The van der Waals surface area contributed by atoms with Crippen LogP contribution in [0.25, 0.3) is 10.8 Å². The van der Waals surface area contributed by atoms with Crippen molar-refractivity contribution in [1.29, 1.82) is 0 Å². The number of carbonyl (C=O) groups is 1. The van der Waals surface area contributed by atoms with Crippen LogP contribution in [-0.2, 0) is 4.79 Å². The number of hydrogen-bond donors (Lipinski definition) is 1. The number of carboxylic acids is 1. The van der Waals surface area contributed by atoms with Crippen LogP contribution >= 0.6 is 23.4 Å². The molecular weight excluding hydrogens is 246 g/mol. The summed E-state index contributed by atoms with van der Waals surface area (Å²) < 4.78 is 0. The van der Waals surface area contributed by atoms with Gasteiger partial charge in [-0.2, -0.15) is 0 Å². The molecule has 0 atom stereocenters. The van der Waals surface area contributed by atoms with Crippen LogP contribution in [0.5, 0.6) is 0 Å². The highest BCUT2D eigenvalue weighted by molar-refractivity contribution is 8.00. The van der Waals surface area contributed by atoms with E-state index in [0.29, 0.717) is 10.2 Å². The van der Waals surface area contributed by atoms with Crippen LogP contribution in [0.3, 0.4) is 0 Å². The van der Waals surface area contributed by atoms with Crippen molar-refractivity contribution >= 4 is 40.1 Å². The smallest absolute Gasteiger partial charge is 0.313 e. The minimum atomic E-state index is -0.865. The fraction of sp³-hybridized carbons (Fsp3) is 0.0909. The lowest BCUT2D eigenvalue weighted by Crippen LogP contribution is -1.98. The van der Waals surface area contributed by atoms with Crippen LogP contribution in [-0.4, -0.2) is 21.8 Å². The molecule has 0 spiro atoms. The molecule has 0 aliphatic heterocycles. The summed E-state index contributed by atoms with van der Waals surface area (Å²) in [4.78, 5) is 14.7. The molecule has 2 aromatic rings. The van der Waals surface area contributed by atoms with Crippen LogP contribution in [0.4, 0.5) is 0 Å². The van der Waals surface area contributed by atoms with E-state index >= 15 is 0 Å². The number of benzene rings is 1. The molecule has 1 N–H and O–H groups in total. The fourth-order valence-electron chi connectivity index (χ4n) is 1.38. The molecule has 0 aliphatic rings. The number of carboxylic acid groups (broad SMARTS) is 1. The summed E-state index contributed by atoms with van der Waals surface area (Å²) >= 11 is 7.04. The molecule has 1 aromatic carbocycles. The Balaban J connectivity index is 2.46. The van der Waals surface area contributed by atoms with E-state index in [1.807, 2.05) is 24.3 Å². The van der Waals surface area contributed by atoms with Gasteiger partial charge in [0.05, 0.1) is 5.75 Å². The van der Waals surface area contributed by atoms with E-state index in [9.17, 15) is 4.79 Å². The number of nitrogens with zero attached hydrogens (tertiary/aromatic N) is 1. The first kappa shape index (κ1) is 11.2. The minimum absolute atomic E-state index is 0.0165. The molecule has 2 rings (SSSR count). The van der Waals surface area contributed by atoms with Crippen LogP contribution in [0.2, 0.25) is 5.15 Å². The maximum atomic E-state index is 10.5. The van der Waals surface area contributed by atoms with Gasteiger partial charge in [-0.3, -0.25) is 4.79 Å². The third kappa shape index (κ3) is 2.46. The molecule has 1 heterocycles. The van der Waals surface area contributed by atoms with Gasteiger partial charge in [0.25, 0.3) is 0 Å². The molecule has 5 heteroatoms. The lowest BCUT2D eigenvalue weighted by molar-refractivity contribution is -0.133. The highest BCUT2D eigenvalue weighted by atomic mass is 35.5. The molecule has 16 heavy (non-hydrogen) atoms. The molecule has 3 nitrogen and oxygen atoms in total. The quantitative estimate of drug-likeness (QED) is 0.675. The van der Waals surface area contributed by atoms with Crippen molar-refractivity contribution in [2.24, 2.45) is 0 Å². The number of halogens is 1. The normalized spacial score (nSPS) is 10.6. The molecule has 0 fully saturated rings.